The van der Waals surface area contributed by atoms with Gasteiger partial charge in [-0.3, -0.25) is 4.98 Å². The van der Waals surface area contributed by atoms with Crippen LogP contribution in [0, 0.1) is 11.6 Å². The summed E-state index contributed by atoms with van der Waals surface area (Å²) in [4.78, 5) is 16.3. The lowest BCUT2D eigenvalue weighted by molar-refractivity contribution is 0.262. The number of anilines is 2. The van der Waals surface area contributed by atoms with E-state index in [0.29, 0.717) is 22.9 Å². The van der Waals surface area contributed by atoms with Crippen LogP contribution >= 0.6 is 0 Å². The third-order valence-corrected chi connectivity index (χ3v) is 4.80. The molecule has 33 heavy (non-hydrogen) atoms. The number of halogens is 2. The van der Waals surface area contributed by atoms with E-state index in [1.807, 2.05) is 18.2 Å². The first kappa shape index (κ1) is 20.2. The maximum atomic E-state index is 13.4. The summed E-state index contributed by atoms with van der Waals surface area (Å²) in [7, 11) is 0. The quantitative estimate of drug-likeness (QED) is 0.417. The molecule has 0 aliphatic carbocycles. The maximum Gasteiger partial charge on any atom is 0.323 e. The molecular formula is C23H15F2N7O. The Morgan fingerprint density at radius 2 is 1.58 bits per heavy atom. The fourth-order valence-electron chi connectivity index (χ4n) is 3.25. The number of fused-ring (bicyclic) bond motifs is 1. The Morgan fingerprint density at radius 1 is 0.788 bits per heavy atom. The average Bonchev–Trinajstić information content (AvgIpc) is 3.25. The maximum absolute atomic E-state index is 13.4. The van der Waals surface area contributed by atoms with Crippen molar-refractivity contribution in [3.05, 3.63) is 90.8 Å². The number of carbonyl (C=O) groups is 1. The molecule has 0 aliphatic rings. The molecule has 162 valence electrons. The Kier molecular flexibility index (Phi) is 5.15. The third kappa shape index (κ3) is 4.22. The molecule has 0 aliphatic heterocycles. The van der Waals surface area contributed by atoms with Gasteiger partial charge in [-0.15, -0.1) is 10.2 Å². The van der Waals surface area contributed by atoms with E-state index in [9.17, 15) is 13.6 Å². The van der Waals surface area contributed by atoms with E-state index < -0.39 is 17.7 Å². The van der Waals surface area contributed by atoms with Gasteiger partial charge in [0, 0.05) is 41.0 Å². The third-order valence-electron chi connectivity index (χ3n) is 4.80. The van der Waals surface area contributed by atoms with Crippen molar-refractivity contribution in [2.45, 2.75) is 0 Å². The van der Waals surface area contributed by atoms with Gasteiger partial charge < -0.3 is 10.6 Å². The molecule has 2 aromatic carbocycles. The summed E-state index contributed by atoms with van der Waals surface area (Å²) in [6, 6.07) is 16.8. The SMILES string of the molecule is O=C(Nc1cccc(-c2ccc3nnc(-c4ccncc4)n3n2)c1)Nc1ccc(F)c(F)c1. The van der Waals surface area contributed by atoms with Gasteiger partial charge >= 0.3 is 6.03 Å². The highest BCUT2D eigenvalue weighted by Crippen LogP contribution is 2.23. The van der Waals surface area contributed by atoms with Gasteiger partial charge in [0.1, 0.15) is 0 Å². The van der Waals surface area contributed by atoms with E-state index in [2.05, 4.69) is 30.9 Å². The summed E-state index contributed by atoms with van der Waals surface area (Å²) >= 11 is 0. The Bertz CT molecular complexity index is 1470. The standard InChI is InChI=1S/C23H15F2N7O/c24-18-5-4-17(13-19(18)25)28-23(33)27-16-3-1-2-15(12-16)20-6-7-21-29-30-22(32(21)31-20)14-8-10-26-11-9-14/h1-13H,(H2,27,28,33). The van der Waals surface area contributed by atoms with Crippen LogP contribution < -0.4 is 10.6 Å². The molecular weight excluding hydrogens is 428 g/mol. The van der Waals surface area contributed by atoms with E-state index in [1.54, 1.807) is 47.2 Å². The Balaban J connectivity index is 1.39. The number of carbonyl (C=O) groups excluding carboxylic acids is 1. The van der Waals surface area contributed by atoms with Crippen LogP contribution in [0.2, 0.25) is 0 Å². The number of amides is 2. The first-order valence-electron chi connectivity index (χ1n) is 9.83. The van der Waals surface area contributed by atoms with Gasteiger partial charge in [0.05, 0.1) is 5.69 Å². The van der Waals surface area contributed by atoms with Gasteiger partial charge in [-0.05, 0) is 48.5 Å². The Labute approximate surface area is 185 Å². The average molecular weight is 443 g/mol. The number of aromatic nitrogens is 5. The highest BCUT2D eigenvalue weighted by Gasteiger charge is 2.12. The molecule has 5 rings (SSSR count). The molecule has 10 heteroatoms. The molecule has 0 radical (unpaired) electrons. The second kappa shape index (κ2) is 8.42. The number of hydrogen-bond acceptors (Lipinski definition) is 5. The van der Waals surface area contributed by atoms with E-state index in [1.165, 1.54) is 6.07 Å². The van der Waals surface area contributed by atoms with Crippen LogP contribution in [0.3, 0.4) is 0 Å². The summed E-state index contributed by atoms with van der Waals surface area (Å²) in [5, 5.41) is 18.2. The van der Waals surface area contributed by atoms with Crippen molar-refractivity contribution >= 4 is 23.1 Å². The van der Waals surface area contributed by atoms with Crippen molar-refractivity contribution in [1.29, 1.82) is 0 Å². The minimum absolute atomic E-state index is 0.130. The number of urea groups is 1. The number of pyridine rings is 1. The van der Waals surface area contributed by atoms with Crippen molar-refractivity contribution in [2.75, 3.05) is 10.6 Å². The molecule has 0 saturated heterocycles. The molecule has 0 atom stereocenters. The second-order valence-corrected chi connectivity index (χ2v) is 7.04. The van der Waals surface area contributed by atoms with Crippen LogP contribution in [-0.4, -0.2) is 30.8 Å². The first-order valence-corrected chi connectivity index (χ1v) is 9.83. The lowest BCUT2D eigenvalue weighted by atomic mass is 10.1. The van der Waals surface area contributed by atoms with Crippen molar-refractivity contribution in [3.63, 3.8) is 0 Å². The zero-order valence-electron chi connectivity index (χ0n) is 16.9. The molecule has 8 nitrogen and oxygen atoms in total. The molecule has 0 spiro atoms. The second-order valence-electron chi connectivity index (χ2n) is 7.04. The zero-order valence-corrected chi connectivity index (χ0v) is 16.9. The van der Waals surface area contributed by atoms with Crippen LogP contribution in [0.15, 0.2) is 79.1 Å². The fourth-order valence-corrected chi connectivity index (χ4v) is 3.25. The number of hydrogen-bond donors (Lipinski definition) is 2. The lowest BCUT2D eigenvalue weighted by Gasteiger charge is -2.09. The molecule has 3 heterocycles. The minimum atomic E-state index is -1.05. The predicted molar refractivity (Wildman–Crippen MR) is 118 cm³/mol. The number of nitrogens with zero attached hydrogens (tertiary/aromatic N) is 5. The van der Waals surface area contributed by atoms with Gasteiger partial charge in [0.25, 0.3) is 0 Å². The Hall–Kier alpha value is -4.73. The Morgan fingerprint density at radius 3 is 2.36 bits per heavy atom. The number of benzene rings is 2. The molecule has 0 saturated carbocycles. The zero-order chi connectivity index (χ0) is 22.8. The predicted octanol–water partition coefficient (Wildman–Crippen LogP) is 4.78. The van der Waals surface area contributed by atoms with Crippen LogP contribution in [0.25, 0.3) is 28.3 Å². The van der Waals surface area contributed by atoms with Crippen molar-refractivity contribution < 1.29 is 13.6 Å². The summed E-state index contributed by atoms with van der Waals surface area (Å²) < 4.78 is 28.1. The summed E-state index contributed by atoms with van der Waals surface area (Å²) in [6.07, 6.45) is 3.33. The van der Waals surface area contributed by atoms with E-state index in [4.69, 9.17) is 0 Å². The van der Waals surface area contributed by atoms with E-state index >= 15 is 0 Å². The normalized spacial score (nSPS) is 10.8. The highest BCUT2D eigenvalue weighted by molar-refractivity contribution is 6.00. The van der Waals surface area contributed by atoms with E-state index in [0.717, 1.165) is 23.3 Å². The van der Waals surface area contributed by atoms with Crippen molar-refractivity contribution in [3.8, 4) is 22.6 Å². The number of rotatable bonds is 4. The molecule has 0 bridgehead atoms. The minimum Gasteiger partial charge on any atom is -0.308 e. The summed E-state index contributed by atoms with van der Waals surface area (Å²) in [5.74, 6) is -1.45. The monoisotopic (exact) mass is 443 g/mol. The highest BCUT2D eigenvalue weighted by atomic mass is 19.2. The van der Waals surface area contributed by atoms with Crippen LogP contribution in [0.5, 0.6) is 0 Å². The molecule has 0 unspecified atom stereocenters. The lowest BCUT2D eigenvalue weighted by Crippen LogP contribution is -2.19. The summed E-state index contributed by atoms with van der Waals surface area (Å²) in [6.45, 7) is 0. The molecule has 0 fully saturated rings. The van der Waals surface area contributed by atoms with Gasteiger partial charge in [-0.2, -0.15) is 9.61 Å². The molecule has 2 amide bonds. The van der Waals surface area contributed by atoms with Gasteiger partial charge in [0.15, 0.2) is 23.1 Å². The molecule has 3 aromatic heterocycles. The van der Waals surface area contributed by atoms with Crippen LogP contribution in [0.4, 0.5) is 25.0 Å². The van der Waals surface area contributed by atoms with Crippen molar-refractivity contribution in [1.82, 2.24) is 24.8 Å². The van der Waals surface area contributed by atoms with Crippen LogP contribution in [-0.2, 0) is 0 Å². The fraction of sp³-hybridized carbons (Fsp3) is 0. The molecule has 2 N–H and O–H groups in total. The molecule has 5 aromatic rings. The van der Waals surface area contributed by atoms with Gasteiger partial charge in [0.2, 0.25) is 0 Å². The largest absolute Gasteiger partial charge is 0.323 e. The van der Waals surface area contributed by atoms with Crippen LogP contribution in [0.1, 0.15) is 0 Å². The van der Waals surface area contributed by atoms with Gasteiger partial charge in [-0.1, -0.05) is 12.1 Å². The van der Waals surface area contributed by atoms with Crippen molar-refractivity contribution in [2.24, 2.45) is 0 Å². The van der Waals surface area contributed by atoms with E-state index in [-0.39, 0.29) is 5.69 Å². The smallest absolute Gasteiger partial charge is 0.308 e. The topological polar surface area (TPSA) is 97.1 Å². The number of nitrogens with one attached hydrogen (secondary N) is 2. The first-order chi connectivity index (χ1) is 16.1. The summed E-state index contributed by atoms with van der Waals surface area (Å²) in [5.41, 5.74) is 3.43. The van der Waals surface area contributed by atoms with Gasteiger partial charge in [-0.25, -0.2) is 13.6 Å².